The molecule has 0 aromatic heterocycles. The summed E-state index contributed by atoms with van der Waals surface area (Å²) in [5.41, 5.74) is 0. The molecule has 4 N–H and O–H groups in total. The van der Waals surface area contributed by atoms with Crippen molar-refractivity contribution >= 4 is 5.91 Å². The van der Waals surface area contributed by atoms with Gasteiger partial charge in [-0.2, -0.15) is 0 Å². The maximum Gasteiger partial charge on any atom is 0.220 e. The van der Waals surface area contributed by atoms with E-state index in [2.05, 4.69) is 19.2 Å². The van der Waals surface area contributed by atoms with Crippen molar-refractivity contribution in [2.24, 2.45) is 0 Å². The number of nitrogens with one attached hydrogen (secondary N) is 1. The molecule has 0 fully saturated rings. The van der Waals surface area contributed by atoms with E-state index in [0.29, 0.717) is 12.8 Å². The number of amides is 1. The van der Waals surface area contributed by atoms with Gasteiger partial charge in [-0.25, -0.2) is 0 Å². The largest absolute Gasteiger partial charge is 0.394 e. The molecule has 0 rings (SSSR count). The van der Waals surface area contributed by atoms with Crippen LogP contribution in [0.4, 0.5) is 0 Å². The lowest BCUT2D eigenvalue weighted by atomic mass is 10.0. The Morgan fingerprint density at radius 1 is 0.622 bits per heavy atom. The van der Waals surface area contributed by atoms with Crippen LogP contribution in [0.15, 0.2) is 12.2 Å². The summed E-state index contributed by atoms with van der Waals surface area (Å²) in [6.07, 6.45) is 28.8. The first-order valence-electron chi connectivity index (χ1n) is 16.0. The van der Waals surface area contributed by atoms with Gasteiger partial charge in [0.15, 0.2) is 0 Å². The van der Waals surface area contributed by atoms with E-state index in [4.69, 9.17) is 0 Å². The van der Waals surface area contributed by atoms with Gasteiger partial charge in [-0.15, -0.1) is 0 Å². The molecule has 5 heteroatoms. The van der Waals surface area contributed by atoms with Gasteiger partial charge < -0.3 is 20.6 Å². The Hall–Kier alpha value is -0.910. The lowest BCUT2D eigenvalue weighted by Crippen LogP contribution is -2.45. The Morgan fingerprint density at radius 3 is 1.46 bits per heavy atom. The number of aliphatic hydroxyl groups is 3. The number of unbranched alkanes of at least 4 members (excludes halogenated alkanes) is 19. The second-order valence-electron chi connectivity index (χ2n) is 11.1. The molecule has 0 bridgehead atoms. The summed E-state index contributed by atoms with van der Waals surface area (Å²) in [4.78, 5) is 12.2. The minimum Gasteiger partial charge on any atom is -0.394 e. The van der Waals surface area contributed by atoms with Gasteiger partial charge in [0.1, 0.15) is 0 Å². The van der Waals surface area contributed by atoms with Gasteiger partial charge in [-0.3, -0.25) is 4.79 Å². The van der Waals surface area contributed by atoms with Gasteiger partial charge in [-0.05, 0) is 12.8 Å². The fourth-order valence-electron chi connectivity index (χ4n) is 4.78. The number of hydrogen-bond acceptors (Lipinski definition) is 4. The molecule has 0 radical (unpaired) electrons. The number of rotatable bonds is 28. The highest BCUT2D eigenvalue weighted by Gasteiger charge is 2.18. The molecule has 0 aliphatic rings. The molecule has 220 valence electrons. The Bertz CT molecular complexity index is 511. The van der Waals surface area contributed by atoms with Gasteiger partial charge in [0.2, 0.25) is 5.91 Å². The SMILES string of the molecule is CCCCCCCCCCCCCC(=O)N[C@@H](CO)[C@H](O)/C=C/[C@H](O)CCCCCCCCCCCC. The van der Waals surface area contributed by atoms with Gasteiger partial charge in [0, 0.05) is 6.42 Å². The summed E-state index contributed by atoms with van der Waals surface area (Å²) < 4.78 is 0. The maximum absolute atomic E-state index is 12.2. The highest BCUT2D eigenvalue weighted by Crippen LogP contribution is 2.14. The molecule has 0 aromatic rings. The second kappa shape index (κ2) is 28.1. The normalized spacial score (nSPS) is 14.2. The molecule has 0 spiro atoms. The lowest BCUT2D eigenvalue weighted by Gasteiger charge is -2.20. The van der Waals surface area contributed by atoms with Crippen LogP contribution in [0, 0.1) is 0 Å². The van der Waals surface area contributed by atoms with Crippen LogP contribution in [-0.4, -0.2) is 46.1 Å². The third-order valence-corrected chi connectivity index (χ3v) is 7.35. The molecule has 3 atom stereocenters. The monoisotopic (exact) mass is 525 g/mol. The van der Waals surface area contributed by atoms with Crippen molar-refractivity contribution in [3.05, 3.63) is 12.2 Å². The summed E-state index contributed by atoms with van der Waals surface area (Å²) in [5, 5.41) is 32.9. The smallest absolute Gasteiger partial charge is 0.220 e. The van der Waals surface area contributed by atoms with Gasteiger partial charge >= 0.3 is 0 Å². The molecular weight excluding hydrogens is 462 g/mol. The van der Waals surface area contributed by atoms with Crippen molar-refractivity contribution in [2.75, 3.05) is 6.61 Å². The van der Waals surface area contributed by atoms with Crippen LogP contribution in [0.3, 0.4) is 0 Å². The zero-order valence-electron chi connectivity index (χ0n) is 24.6. The topological polar surface area (TPSA) is 89.8 Å². The third kappa shape index (κ3) is 25.1. The summed E-state index contributed by atoms with van der Waals surface area (Å²) in [6, 6.07) is -0.735. The van der Waals surface area contributed by atoms with Gasteiger partial charge in [0.05, 0.1) is 24.9 Å². The van der Waals surface area contributed by atoms with Gasteiger partial charge in [-0.1, -0.05) is 154 Å². The summed E-state index contributed by atoms with van der Waals surface area (Å²) >= 11 is 0. The van der Waals surface area contributed by atoms with Crippen LogP contribution in [0.25, 0.3) is 0 Å². The Morgan fingerprint density at radius 2 is 1.03 bits per heavy atom. The second-order valence-corrected chi connectivity index (χ2v) is 11.1. The van der Waals surface area contributed by atoms with Crippen LogP contribution >= 0.6 is 0 Å². The number of aliphatic hydroxyl groups excluding tert-OH is 3. The van der Waals surface area contributed by atoms with Crippen LogP contribution in [0.2, 0.25) is 0 Å². The van der Waals surface area contributed by atoms with Crippen molar-refractivity contribution < 1.29 is 20.1 Å². The molecule has 37 heavy (non-hydrogen) atoms. The molecular formula is C32H63NO4. The van der Waals surface area contributed by atoms with Gasteiger partial charge in [0.25, 0.3) is 0 Å². The number of carbonyl (C=O) groups is 1. The fourth-order valence-corrected chi connectivity index (χ4v) is 4.78. The van der Waals surface area contributed by atoms with Crippen LogP contribution in [-0.2, 0) is 4.79 Å². The molecule has 0 aromatic carbocycles. The van der Waals surface area contributed by atoms with E-state index < -0.39 is 18.2 Å². The van der Waals surface area contributed by atoms with Crippen LogP contribution in [0.1, 0.15) is 162 Å². The quantitative estimate of drug-likeness (QED) is 0.0621. The van der Waals surface area contributed by atoms with Crippen molar-refractivity contribution in [1.29, 1.82) is 0 Å². The van der Waals surface area contributed by atoms with Crippen molar-refractivity contribution in [3.8, 4) is 0 Å². The van der Waals surface area contributed by atoms with Crippen LogP contribution in [0.5, 0.6) is 0 Å². The van der Waals surface area contributed by atoms with Crippen molar-refractivity contribution in [3.63, 3.8) is 0 Å². The van der Waals surface area contributed by atoms with E-state index in [0.717, 1.165) is 32.1 Å². The average Bonchev–Trinajstić information content (AvgIpc) is 2.90. The highest BCUT2D eigenvalue weighted by atomic mass is 16.3. The molecule has 5 nitrogen and oxygen atoms in total. The maximum atomic E-state index is 12.2. The first-order chi connectivity index (χ1) is 18.0. The van der Waals surface area contributed by atoms with E-state index in [1.807, 2.05) is 0 Å². The van der Waals surface area contributed by atoms with E-state index in [1.54, 1.807) is 6.08 Å². The van der Waals surface area contributed by atoms with Crippen molar-refractivity contribution in [2.45, 2.75) is 180 Å². The highest BCUT2D eigenvalue weighted by molar-refractivity contribution is 5.76. The Balaban J connectivity index is 3.81. The summed E-state index contributed by atoms with van der Waals surface area (Å²) in [5.74, 6) is -0.131. The molecule has 0 heterocycles. The number of carbonyl (C=O) groups excluding carboxylic acids is 1. The number of hydrogen-bond donors (Lipinski definition) is 4. The van der Waals surface area contributed by atoms with E-state index in [1.165, 1.54) is 109 Å². The molecule has 0 aliphatic heterocycles. The predicted octanol–water partition coefficient (Wildman–Crippen LogP) is 7.75. The fraction of sp³-hybridized carbons (Fsp3) is 0.906. The first-order valence-corrected chi connectivity index (χ1v) is 16.0. The summed E-state index contributed by atoms with van der Waals surface area (Å²) in [7, 11) is 0. The molecule has 1 amide bonds. The molecule has 0 saturated heterocycles. The Labute approximate surface area is 229 Å². The summed E-state index contributed by atoms with van der Waals surface area (Å²) in [6.45, 7) is 4.16. The third-order valence-electron chi connectivity index (χ3n) is 7.35. The lowest BCUT2D eigenvalue weighted by molar-refractivity contribution is -0.123. The van der Waals surface area contributed by atoms with E-state index in [-0.39, 0.29) is 12.5 Å². The minimum atomic E-state index is -1.01. The van der Waals surface area contributed by atoms with E-state index in [9.17, 15) is 20.1 Å². The van der Waals surface area contributed by atoms with E-state index >= 15 is 0 Å². The minimum absolute atomic E-state index is 0.131. The van der Waals surface area contributed by atoms with Crippen LogP contribution < -0.4 is 5.32 Å². The standard InChI is InChI=1S/C32H63NO4/c1-3-5-7-9-11-13-15-17-19-21-23-25-32(37)33-30(28-34)31(36)27-26-29(35)24-22-20-18-16-14-12-10-8-6-4-2/h26-27,29-31,34-36H,3-25,28H2,1-2H3,(H,33,37)/b27-26+/t29-,30+,31-/m1/s1. The zero-order chi connectivity index (χ0) is 27.4. The zero-order valence-corrected chi connectivity index (χ0v) is 24.6. The average molecular weight is 526 g/mol. The van der Waals surface area contributed by atoms with Crippen molar-refractivity contribution in [1.82, 2.24) is 5.32 Å². The molecule has 0 aliphatic carbocycles. The Kier molecular flexibility index (Phi) is 27.4. The molecule has 0 unspecified atom stereocenters. The first kappa shape index (κ1) is 36.1. The molecule has 0 saturated carbocycles. The predicted molar refractivity (Wildman–Crippen MR) is 158 cm³/mol.